The van der Waals surface area contributed by atoms with Crippen LogP contribution in [-0.2, 0) is 22.6 Å². The third kappa shape index (κ3) is 6.52. The third-order valence-corrected chi connectivity index (χ3v) is 6.23. The Labute approximate surface area is 212 Å². The molecule has 0 saturated heterocycles. The Hall–Kier alpha value is -3.64. The minimum atomic E-state index is -0.837. The van der Waals surface area contributed by atoms with E-state index in [1.54, 1.807) is 26.4 Å². The fraction of sp³-hybridized carbons (Fsp3) is 0.300. The summed E-state index contributed by atoms with van der Waals surface area (Å²) in [5.41, 5.74) is 3.28. The molecule has 3 aromatic carbocycles. The highest BCUT2D eigenvalue weighted by Crippen LogP contribution is 2.43. The summed E-state index contributed by atoms with van der Waals surface area (Å²) in [6.45, 7) is 8.29. The van der Waals surface area contributed by atoms with E-state index in [4.69, 9.17) is 19.3 Å². The summed E-state index contributed by atoms with van der Waals surface area (Å²) in [5, 5.41) is 8.94. The van der Waals surface area contributed by atoms with Crippen LogP contribution in [0, 0.1) is 11.2 Å². The van der Waals surface area contributed by atoms with Crippen molar-refractivity contribution in [3.63, 3.8) is 0 Å². The second-order valence-corrected chi connectivity index (χ2v) is 9.24. The number of aliphatic carboxylic acids is 1. The Morgan fingerprint density at radius 2 is 1.81 bits per heavy atom. The van der Waals surface area contributed by atoms with Gasteiger partial charge in [0.05, 0.1) is 13.2 Å². The van der Waals surface area contributed by atoms with E-state index in [0.29, 0.717) is 29.0 Å². The number of halogens is 1. The Kier molecular flexibility index (Phi) is 8.88. The molecule has 0 amide bonds. The number of benzene rings is 3. The third-order valence-electron chi connectivity index (χ3n) is 6.23. The van der Waals surface area contributed by atoms with Crippen molar-refractivity contribution in [2.24, 2.45) is 5.41 Å². The van der Waals surface area contributed by atoms with Crippen molar-refractivity contribution >= 4 is 5.97 Å². The van der Waals surface area contributed by atoms with E-state index in [1.165, 1.54) is 6.07 Å². The molecule has 36 heavy (non-hydrogen) atoms. The topological polar surface area (TPSA) is 65.0 Å². The first-order chi connectivity index (χ1) is 17.2. The van der Waals surface area contributed by atoms with Crippen molar-refractivity contribution < 1.29 is 28.5 Å². The number of carboxylic acid groups (broad SMARTS) is 1. The standard InChI is InChI=1S/C30H33FO5/c1-6-30(2,3)29(35-5)26-17-21(10-13-24(26)25-18-22(34-4)12-14-27(25)31)19-36-23-9-7-8-20(16-23)11-15-28(32)33/h6-10,12-14,16-18,29H,1,11,15,19H2,2-5H3,(H,32,33). The molecule has 190 valence electrons. The van der Waals surface area contributed by atoms with Gasteiger partial charge in [0.15, 0.2) is 0 Å². The molecule has 5 nitrogen and oxygen atoms in total. The molecule has 1 unspecified atom stereocenters. The number of hydrogen-bond donors (Lipinski definition) is 1. The fourth-order valence-electron chi connectivity index (χ4n) is 4.15. The molecule has 0 aromatic heterocycles. The van der Waals surface area contributed by atoms with Crippen LogP contribution in [0.1, 0.15) is 43.1 Å². The summed E-state index contributed by atoms with van der Waals surface area (Å²) in [5.74, 6) is 0.0172. The van der Waals surface area contributed by atoms with Crippen LogP contribution in [0.5, 0.6) is 11.5 Å². The maximum atomic E-state index is 15.0. The van der Waals surface area contributed by atoms with Crippen LogP contribution in [-0.4, -0.2) is 25.3 Å². The van der Waals surface area contributed by atoms with E-state index in [1.807, 2.05) is 62.4 Å². The smallest absolute Gasteiger partial charge is 0.303 e. The molecule has 0 aliphatic heterocycles. The summed E-state index contributed by atoms with van der Waals surface area (Å²) >= 11 is 0. The molecule has 1 atom stereocenters. The molecule has 0 aliphatic carbocycles. The van der Waals surface area contributed by atoms with Gasteiger partial charge in [0, 0.05) is 24.5 Å². The quantitative estimate of drug-likeness (QED) is 0.276. The molecule has 3 rings (SSSR count). The van der Waals surface area contributed by atoms with E-state index in [0.717, 1.165) is 16.7 Å². The summed E-state index contributed by atoms with van der Waals surface area (Å²) < 4.78 is 32.2. The first-order valence-corrected chi connectivity index (χ1v) is 11.7. The zero-order valence-corrected chi connectivity index (χ0v) is 21.2. The lowest BCUT2D eigenvalue weighted by molar-refractivity contribution is -0.136. The van der Waals surface area contributed by atoms with Gasteiger partial charge >= 0.3 is 5.97 Å². The fourth-order valence-corrected chi connectivity index (χ4v) is 4.15. The maximum Gasteiger partial charge on any atom is 0.303 e. The number of methoxy groups -OCH3 is 2. The van der Waals surface area contributed by atoms with Crippen LogP contribution >= 0.6 is 0 Å². The van der Waals surface area contributed by atoms with Crippen LogP contribution in [0.25, 0.3) is 11.1 Å². The van der Waals surface area contributed by atoms with Gasteiger partial charge in [-0.15, -0.1) is 6.58 Å². The lowest BCUT2D eigenvalue weighted by Crippen LogP contribution is -2.22. The van der Waals surface area contributed by atoms with E-state index < -0.39 is 17.5 Å². The maximum absolute atomic E-state index is 15.0. The highest BCUT2D eigenvalue weighted by molar-refractivity contribution is 5.71. The van der Waals surface area contributed by atoms with Gasteiger partial charge in [0.1, 0.15) is 23.9 Å². The Morgan fingerprint density at radius 3 is 2.47 bits per heavy atom. The van der Waals surface area contributed by atoms with E-state index in [9.17, 15) is 9.18 Å². The van der Waals surface area contributed by atoms with Crippen molar-refractivity contribution in [3.8, 4) is 22.6 Å². The van der Waals surface area contributed by atoms with Gasteiger partial charge in [0.2, 0.25) is 0 Å². The summed E-state index contributed by atoms with van der Waals surface area (Å²) in [6.07, 6.45) is 1.93. The highest BCUT2D eigenvalue weighted by atomic mass is 19.1. The largest absolute Gasteiger partial charge is 0.497 e. The normalized spacial score (nSPS) is 12.1. The number of rotatable bonds is 12. The summed E-state index contributed by atoms with van der Waals surface area (Å²) in [7, 11) is 3.18. The SMILES string of the molecule is C=CC(C)(C)C(OC)c1cc(COc2cccc(CCC(=O)O)c2)ccc1-c1cc(OC)ccc1F. The first-order valence-electron chi connectivity index (χ1n) is 11.7. The second-order valence-electron chi connectivity index (χ2n) is 9.24. The minimum Gasteiger partial charge on any atom is -0.497 e. The molecular weight excluding hydrogens is 459 g/mol. The molecule has 6 heteroatoms. The minimum absolute atomic E-state index is 0.0621. The average molecular weight is 493 g/mol. The zero-order valence-electron chi connectivity index (χ0n) is 21.2. The van der Waals surface area contributed by atoms with Gasteiger partial charge in [-0.3, -0.25) is 4.79 Å². The van der Waals surface area contributed by atoms with Crippen LogP contribution in [0.2, 0.25) is 0 Å². The molecule has 3 aromatic rings. The average Bonchev–Trinajstić information content (AvgIpc) is 2.87. The number of aryl methyl sites for hydroxylation is 1. The van der Waals surface area contributed by atoms with Crippen LogP contribution in [0.15, 0.2) is 73.3 Å². The number of ether oxygens (including phenoxy) is 3. The second kappa shape index (κ2) is 11.9. The van der Waals surface area contributed by atoms with Crippen molar-refractivity contribution in [2.75, 3.05) is 14.2 Å². The first kappa shape index (κ1) is 27.0. The molecule has 0 radical (unpaired) electrons. The predicted octanol–water partition coefficient (Wildman–Crippen LogP) is 7.00. The highest BCUT2D eigenvalue weighted by Gasteiger charge is 2.31. The molecule has 0 heterocycles. The lowest BCUT2D eigenvalue weighted by atomic mass is 9.79. The van der Waals surface area contributed by atoms with Crippen molar-refractivity contribution in [1.82, 2.24) is 0 Å². The monoisotopic (exact) mass is 492 g/mol. The van der Waals surface area contributed by atoms with Gasteiger partial charge in [-0.05, 0) is 65.1 Å². The molecule has 0 spiro atoms. The van der Waals surface area contributed by atoms with Crippen LogP contribution in [0.3, 0.4) is 0 Å². The predicted molar refractivity (Wildman–Crippen MR) is 139 cm³/mol. The Morgan fingerprint density at radius 1 is 1.03 bits per heavy atom. The molecule has 0 bridgehead atoms. The van der Waals surface area contributed by atoms with E-state index in [-0.39, 0.29) is 18.8 Å². The molecule has 0 fully saturated rings. The van der Waals surface area contributed by atoms with Gasteiger partial charge < -0.3 is 19.3 Å². The van der Waals surface area contributed by atoms with Crippen molar-refractivity contribution in [2.45, 2.75) is 39.4 Å². The zero-order chi connectivity index (χ0) is 26.3. The van der Waals surface area contributed by atoms with Gasteiger partial charge in [-0.2, -0.15) is 0 Å². The van der Waals surface area contributed by atoms with Gasteiger partial charge in [-0.1, -0.05) is 44.2 Å². The number of hydrogen-bond acceptors (Lipinski definition) is 4. The van der Waals surface area contributed by atoms with Crippen LogP contribution < -0.4 is 9.47 Å². The van der Waals surface area contributed by atoms with Gasteiger partial charge in [-0.25, -0.2) is 4.39 Å². The molecule has 0 aliphatic rings. The molecule has 0 saturated carbocycles. The van der Waals surface area contributed by atoms with Crippen molar-refractivity contribution in [1.29, 1.82) is 0 Å². The van der Waals surface area contributed by atoms with Crippen LogP contribution in [0.4, 0.5) is 4.39 Å². The summed E-state index contributed by atoms with van der Waals surface area (Å²) in [6, 6.07) is 17.8. The molecular formula is C30H33FO5. The number of carboxylic acids is 1. The van der Waals surface area contributed by atoms with Crippen molar-refractivity contribution in [3.05, 3.63) is 95.8 Å². The van der Waals surface area contributed by atoms with Gasteiger partial charge in [0.25, 0.3) is 0 Å². The Bertz CT molecular complexity index is 1220. The molecule has 1 N–H and O–H groups in total. The van der Waals surface area contributed by atoms with E-state index in [2.05, 4.69) is 6.58 Å². The summed E-state index contributed by atoms with van der Waals surface area (Å²) in [4.78, 5) is 10.9. The lowest BCUT2D eigenvalue weighted by Gasteiger charge is -2.32. The number of carbonyl (C=O) groups is 1. The van der Waals surface area contributed by atoms with E-state index >= 15 is 0 Å². The Balaban J connectivity index is 1.97.